The lowest BCUT2D eigenvalue weighted by molar-refractivity contribution is -0.129. The third-order valence-corrected chi connectivity index (χ3v) is 5.22. The summed E-state index contributed by atoms with van der Waals surface area (Å²) in [5.41, 5.74) is 1.68. The van der Waals surface area contributed by atoms with Gasteiger partial charge in [0.2, 0.25) is 5.91 Å². The van der Waals surface area contributed by atoms with Crippen molar-refractivity contribution < 1.29 is 10.0 Å². The summed E-state index contributed by atoms with van der Waals surface area (Å²) in [7, 11) is 0. The topological polar surface area (TPSA) is 49.3 Å². The highest BCUT2D eigenvalue weighted by Gasteiger charge is 1.98. The van der Waals surface area contributed by atoms with Crippen molar-refractivity contribution in [1.82, 2.24) is 5.48 Å². The van der Waals surface area contributed by atoms with Crippen LogP contribution in [-0.2, 0) is 4.79 Å². The molecule has 2 N–H and O–H groups in total. The van der Waals surface area contributed by atoms with Crippen molar-refractivity contribution in [2.24, 2.45) is 0 Å². The quantitative estimate of drug-likeness (QED) is 0.106. The molecular weight excluding hydrogens is 366 g/mol. The minimum absolute atomic E-state index is 0.260. The van der Waals surface area contributed by atoms with E-state index in [-0.39, 0.29) is 5.91 Å². The van der Waals surface area contributed by atoms with Crippen LogP contribution in [0.25, 0.3) is 0 Å². The molecule has 24 heavy (non-hydrogen) atoms. The van der Waals surface area contributed by atoms with Crippen molar-refractivity contribution in [3.8, 4) is 0 Å². The predicted octanol–water partition coefficient (Wildman–Crippen LogP) is 6.91. The summed E-state index contributed by atoms with van der Waals surface area (Å²) in [6.45, 7) is 0. The second-order valence-electron chi connectivity index (χ2n) is 6.98. The van der Waals surface area contributed by atoms with Crippen LogP contribution in [0.4, 0.5) is 0 Å². The Balaban J connectivity index is 2.99. The van der Waals surface area contributed by atoms with Crippen LogP contribution < -0.4 is 5.48 Å². The number of carbonyl (C=O) groups excluding carboxylic acids is 1. The van der Waals surface area contributed by atoms with Gasteiger partial charge >= 0.3 is 0 Å². The molecule has 1 amide bonds. The van der Waals surface area contributed by atoms with E-state index in [9.17, 15) is 4.79 Å². The summed E-state index contributed by atoms with van der Waals surface area (Å²) >= 11 is 3.48. The molecule has 0 heterocycles. The molecular formula is C20H40BrNO2. The van der Waals surface area contributed by atoms with Crippen LogP contribution >= 0.6 is 15.9 Å². The highest BCUT2D eigenvalue weighted by molar-refractivity contribution is 9.09. The zero-order valence-electron chi connectivity index (χ0n) is 15.7. The fourth-order valence-electron chi connectivity index (χ4n) is 3.09. The first kappa shape index (κ1) is 23.9. The van der Waals surface area contributed by atoms with E-state index < -0.39 is 0 Å². The highest BCUT2D eigenvalue weighted by Crippen LogP contribution is 2.14. The van der Waals surface area contributed by atoms with Gasteiger partial charge in [0, 0.05) is 11.8 Å². The van der Waals surface area contributed by atoms with Gasteiger partial charge in [-0.2, -0.15) is 0 Å². The Morgan fingerprint density at radius 2 is 0.875 bits per heavy atom. The van der Waals surface area contributed by atoms with Gasteiger partial charge in [0.1, 0.15) is 0 Å². The van der Waals surface area contributed by atoms with Crippen LogP contribution in [0.3, 0.4) is 0 Å². The molecule has 144 valence electrons. The Morgan fingerprint density at radius 3 is 1.17 bits per heavy atom. The zero-order valence-corrected chi connectivity index (χ0v) is 17.3. The molecule has 0 saturated carbocycles. The molecule has 0 saturated heterocycles. The Bertz CT molecular complexity index is 262. The van der Waals surface area contributed by atoms with E-state index in [1.807, 2.05) is 0 Å². The Kier molecular flexibility index (Phi) is 20.9. The summed E-state index contributed by atoms with van der Waals surface area (Å²) in [6, 6.07) is 0. The van der Waals surface area contributed by atoms with Crippen LogP contribution in [0.5, 0.6) is 0 Å². The van der Waals surface area contributed by atoms with Gasteiger partial charge in [-0.3, -0.25) is 10.0 Å². The molecule has 0 aliphatic heterocycles. The van der Waals surface area contributed by atoms with Gasteiger partial charge in [-0.05, 0) is 12.8 Å². The van der Waals surface area contributed by atoms with Crippen LogP contribution in [0.2, 0.25) is 0 Å². The van der Waals surface area contributed by atoms with Gasteiger partial charge < -0.3 is 0 Å². The minimum atomic E-state index is -0.260. The first-order valence-corrected chi connectivity index (χ1v) is 11.4. The van der Waals surface area contributed by atoms with Crippen LogP contribution in [0.15, 0.2) is 0 Å². The van der Waals surface area contributed by atoms with E-state index in [0.29, 0.717) is 6.42 Å². The van der Waals surface area contributed by atoms with Crippen molar-refractivity contribution in [3.63, 3.8) is 0 Å². The van der Waals surface area contributed by atoms with E-state index >= 15 is 0 Å². The molecule has 0 aromatic heterocycles. The van der Waals surface area contributed by atoms with Gasteiger partial charge in [-0.1, -0.05) is 112 Å². The Labute approximate surface area is 158 Å². The van der Waals surface area contributed by atoms with E-state index in [4.69, 9.17) is 5.21 Å². The largest absolute Gasteiger partial charge is 0.289 e. The normalized spacial score (nSPS) is 10.9. The molecule has 0 rings (SSSR count). The SMILES string of the molecule is O=C(CCCCCCCCCCCCCCCCCCCBr)NO. The molecule has 0 unspecified atom stereocenters. The van der Waals surface area contributed by atoms with Crippen molar-refractivity contribution in [1.29, 1.82) is 0 Å². The first-order chi connectivity index (χ1) is 11.8. The maximum atomic E-state index is 10.8. The number of halogens is 1. The number of carbonyl (C=O) groups is 1. The Morgan fingerprint density at radius 1 is 0.583 bits per heavy atom. The molecule has 0 atom stereocenters. The second kappa shape index (κ2) is 21.0. The van der Waals surface area contributed by atoms with Crippen LogP contribution in [0.1, 0.15) is 116 Å². The van der Waals surface area contributed by atoms with Crippen LogP contribution in [0, 0.1) is 0 Å². The maximum Gasteiger partial charge on any atom is 0.243 e. The standard InChI is InChI=1S/C20H40BrNO2/c21-19-17-15-13-11-9-7-5-3-1-2-4-6-8-10-12-14-16-18-20(23)22-24/h24H,1-19H2,(H,22,23). The number of alkyl halides is 1. The van der Waals surface area contributed by atoms with E-state index in [1.54, 1.807) is 5.48 Å². The zero-order chi connectivity index (χ0) is 17.7. The summed E-state index contributed by atoms with van der Waals surface area (Å²) in [6.07, 6.45) is 23.2. The van der Waals surface area contributed by atoms with E-state index in [2.05, 4.69) is 15.9 Å². The summed E-state index contributed by atoms with van der Waals surface area (Å²) in [4.78, 5) is 10.8. The van der Waals surface area contributed by atoms with Crippen molar-refractivity contribution in [3.05, 3.63) is 0 Å². The van der Waals surface area contributed by atoms with Crippen molar-refractivity contribution in [2.75, 3.05) is 5.33 Å². The number of amides is 1. The van der Waals surface area contributed by atoms with Gasteiger partial charge in [0.05, 0.1) is 0 Å². The van der Waals surface area contributed by atoms with Crippen molar-refractivity contribution >= 4 is 21.8 Å². The molecule has 0 bridgehead atoms. The lowest BCUT2D eigenvalue weighted by Gasteiger charge is -2.03. The highest BCUT2D eigenvalue weighted by atomic mass is 79.9. The fourth-order valence-corrected chi connectivity index (χ4v) is 3.48. The molecule has 0 spiro atoms. The van der Waals surface area contributed by atoms with Gasteiger partial charge in [-0.15, -0.1) is 0 Å². The summed E-state index contributed by atoms with van der Waals surface area (Å²) < 4.78 is 0. The van der Waals surface area contributed by atoms with Gasteiger partial charge in [0.25, 0.3) is 0 Å². The number of nitrogens with one attached hydrogen (secondary N) is 1. The number of hydroxylamine groups is 1. The molecule has 0 aromatic rings. The minimum Gasteiger partial charge on any atom is -0.289 e. The monoisotopic (exact) mass is 405 g/mol. The van der Waals surface area contributed by atoms with Crippen molar-refractivity contribution in [2.45, 2.75) is 116 Å². The molecule has 3 nitrogen and oxygen atoms in total. The number of rotatable bonds is 19. The number of hydrogen-bond donors (Lipinski definition) is 2. The van der Waals surface area contributed by atoms with Gasteiger partial charge in [0.15, 0.2) is 0 Å². The molecule has 0 fully saturated rings. The summed E-state index contributed by atoms with van der Waals surface area (Å²) in [5, 5.41) is 9.54. The van der Waals surface area contributed by atoms with E-state index in [1.165, 1.54) is 96.3 Å². The lowest BCUT2D eigenvalue weighted by Crippen LogP contribution is -2.17. The fraction of sp³-hybridized carbons (Fsp3) is 0.950. The molecule has 4 heteroatoms. The molecule has 0 aromatic carbocycles. The average Bonchev–Trinajstić information content (AvgIpc) is 2.60. The third-order valence-electron chi connectivity index (χ3n) is 4.66. The maximum absolute atomic E-state index is 10.8. The lowest BCUT2D eigenvalue weighted by atomic mass is 10.0. The number of hydrogen-bond acceptors (Lipinski definition) is 2. The molecule has 0 aliphatic carbocycles. The van der Waals surface area contributed by atoms with Crippen LogP contribution in [-0.4, -0.2) is 16.4 Å². The second-order valence-corrected chi connectivity index (χ2v) is 7.78. The molecule has 0 aliphatic rings. The smallest absolute Gasteiger partial charge is 0.243 e. The third kappa shape index (κ3) is 20.0. The summed E-state index contributed by atoms with van der Waals surface area (Å²) in [5.74, 6) is -0.260. The Hall–Kier alpha value is -0.0900. The molecule has 0 radical (unpaired) electrons. The number of unbranched alkanes of at least 4 members (excludes halogenated alkanes) is 16. The van der Waals surface area contributed by atoms with Gasteiger partial charge in [-0.25, -0.2) is 5.48 Å². The first-order valence-electron chi connectivity index (χ1n) is 10.3. The van der Waals surface area contributed by atoms with E-state index in [0.717, 1.165) is 18.2 Å². The average molecular weight is 406 g/mol. The predicted molar refractivity (Wildman–Crippen MR) is 107 cm³/mol.